The van der Waals surface area contributed by atoms with Crippen LogP contribution in [0.2, 0.25) is 0 Å². The number of rotatable bonds is 7. The molecule has 0 unspecified atom stereocenters. The van der Waals surface area contributed by atoms with E-state index < -0.39 is 0 Å². The highest BCUT2D eigenvalue weighted by atomic mass is 16.5. The highest BCUT2D eigenvalue weighted by Gasteiger charge is 2.08. The van der Waals surface area contributed by atoms with Gasteiger partial charge < -0.3 is 15.4 Å². The van der Waals surface area contributed by atoms with Crippen molar-refractivity contribution in [3.8, 4) is 11.5 Å². The lowest BCUT2D eigenvalue weighted by Crippen LogP contribution is -2.06. The molecule has 0 amide bonds. The molecule has 0 bridgehead atoms. The third-order valence-electron chi connectivity index (χ3n) is 4.15. The van der Waals surface area contributed by atoms with Gasteiger partial charge >= 0.3 is 0 Å². The molecular weight excluding hydrogens is 362 g/mol. The fourth-order valence-corrected chi connectivity index (χ4v) is 2.81. The molecule has 0 aliphatic heterocycles. The quantitative estimate of drug-likeness (QED) is 0.449. The second-order valence-corrected chi connectivity index (χ2v) is 6.47. The molecule has 0 fully saturated rings. The Morgan fingerprint density at radius 3 is 2.55 bits per heavy atom. The summed E-state index contributed by atoms with van der Waals surface area (Å²) in [5.41, 5.74) is 2.75. The Labute approximate surface area is 169 Å². The average Bonchev–Trinajstić information content (AvgIpc) is 2.75. The predicted octanol–water partition coefficient (Wildman–Crippen LogP) is 5.33. The normalized spacial score (nSPS) is 10.4. The summed E-state index contributed by atoms with van der Waals surface area (Å²) in [6.45, 7) is 2.54. The number of ether oxygens (including phenoxy) is 1. The van der Waals surface area contributed by atoms with Crippen molar-refractivity contribution in [2.75, 3.05) is 10.6 Å². The second-order valence-electron chi connectivity index (χ2n) is 6.47. The number of pyridine rings is 1. The minimum Gasteiger partial charge on any atom is -0.455 e. The van der Waals surface area contributed by atoms with Crippen LogP contribution in [0.3, 0.4) is 0 Å². The lowest BCUT2D eigenvalue weighted by molar-refractivity contribution is 0.485. The highest BCUT2D eigenvalue weighted by molar-refractivity contribution is 5.65. The van der Waals surface area contributed by atoms with E-state index in [1.54, 1.807) is 6.20 Å². The van der Waals surface area contributed by atoms with Gasteiger partial charge in [0.2, 0.25) is 5.95 Å². The predicted molar refractivity (Wildman–Crippen MR) is 115 cm³/mol. The van der Waals surface area contributed by atoms with Crippen molar-refractivity contribution in [1.29, 1.82) is 0 Å². The van der Waals surface area contributed by atoms with E-state index in [9.17, 15) is 0 Å². The molecule has 2 aromatic carbocycles. The number of para-hydroxylation sites is 3. The van der Waals surface area contributed by atoms with E-state index in [2.05, 4.69) is 25.6 Å². The molecule has 144 valence electrons. The molecule has 6 heteroatoms. The Balaban J connectivity index is 1.51. The van der Waals surface area contributed by atoms with Gasteiger partial charge in [-0.3, -0.25) is 4.98 Å². The zero-order chi connectivity index (χ0) is 19.9. The van der Waals surface area contributed by atoms with E-state index in [1.807, 2.05) is 85.9 Å². The first-order valence-corrected chi connectivity index (χ1v) is 9.34. The van der Waals surface area contributed by atoms with Crippen molar-refractivity contribution >= 4 is 17.5 Å². The summed E-state index contributed by atoms with van der Waals surface area (Å²) in [5.74, 6) is 2.74. The van der Waals surface area contributed by atoms with E-state index in [1.165, 1.54) is 0 Å². The molecule has 0 atom stereocenters. The molecular formula is C23H21N5O. The van der Waals surface area contributed by atoms with Crippen LogP contribution in [-0.4, -0.2) is 15.0 Å². The number of anilines is 3. The van der Waals surface area contributed by atoms with Gasteiger partial charge in [0, 0.05) is 30.7 Å². The van der Waals surface area contributed by atoms with E-state index in [-0.39, 0.29) is 0 Å². The van der Waals surface area contributed by atoms with Crippen LogP contribution < -0.4 is 15.4 Å². The van der Waals surface area contributed by atoms with E-state index in [4.69, 9.17) is 4.74 Å². The smallest absolute Gasteiger partial charge is 0.225 e. The standard InChI is InChI=1S/C23H21N5O/c1-17-14-22(28-23(26-17)25-16-18-8-7-13-24-15-18)27-20-11-5-6-12-21(20)29-19-9-3-2-4-10-19/h2-15H,16H2,1H3,(H2,25,26,27,28). The molecule has 2 heterocycles. The van der Waals surface area contributed by atoms with Crippen molar-refractivity contribution in [2.45, 2.75) is 13.5 Å². The van der Waals surface area contributed by atoms with E-state index >= 15 is 0 Å². The zero-order valence-electron chi connectivity index (χ0n) is 16.0. The first-order chi connectivity index (χ1) is 14.3. The molecule has 6 nitrogen and oxygen atoms in total. The number of nitrogens with one attached hydrogen (secondary N) is 2. The summed E-state index contributed by atoms with van der Waals surface area (Å²) in [6.07, 6.45) is 3.57. The maximum atomic E-state index is 6.02. The summed E-state index contributed by atoms with van der Waals surface area (Å²) >= 11 is 0. The van der Waals surface area contributed by atoms with Gasteiger partial charge in [-0.2, -0.15) is 4.98 Å². The molecule has 0 spiro atoms. The summed E-state index contributed by atoms with van der Waals surface area (Å²) in [6, 6.07) is 23.3. The van der Waals surface area contributed by atoms with Gasteiger partial charge in [-0.25, -0.2) is 4.98 Å². The molecule has 0 aliphatic carbocycles. The van der Waals surface area contributed by atoms with Crippen molar-refractivity contribution in [1.82, 2.24) is 15.0 Å². The number of aromatic nitrogens is 3. The monoisotopic (exact) mass is 383 g/mol. The van der Waals surface area contributed by atoms with Crippen molar-refractivity contribution in [3.63, 3.8) is 0 Å². The maximum Gasteiger partial charge on any atom is 0.225 e. The largest absolute Gasteiger partial charge is 0.455 e. The van der Waals surface area contributed by atoms with Crippen molar-refractivity contribution in [3.05, 3.63) is 96.4 Å². The molecule has 0 aliphatic rings. The molecule has 4 rings (SSSR count). The van der Waals surface area contributed by atoms with Crippen LogP contribution in [0, 0.1) is 6.92 Å². The fourth-order valence-electron chi connectivity index (χ4n) is 2.81. The third kappa shape index (κ3) is 5.07. The van der Waals surface area contributed by atoms with Gasteiger partial charge in [0.25, 0.3) is 0 Å². The number of aryl methyl sites for hydroxylation is 1. The van der Waals surface area contributed by atoms with Crippen molar-refractivity contribution in [2.24, 2.45) is 0 Å². The molecule has 0 saturated heterocycles. The van der Waals surface area contributed by atoms with Crippen LogP contribution in [0.25, 0.3) is 0 Å². The Morgan fingerprint density at radius 2 is 1.72 bits per heavy atom. The Bertz CT molecular complexity index is 1070. The first-order valence-electron chi connectivity index (χ1n) is 9.34. The van der Waals surface area contributed by atoms with Crippen LogP contribution in [-0.2, 0) is 6.54 Å². The van der Waals surface area contributed by atoms with Gasteiger partial charge in [0.05, 0.1) is 5.69 Å². The molecule has 2 aromatic heterocycles. The van der Waals surface area contributed by atoms with Crippen LogP contribution in [0.1, 0.15) is 11.3 Å². The minimum absolute atomic E-state index is 0.554. The first kappa shape index (κ1) is 18.4. The average molecular weight is 383 g/mol. The van der Waals surface area contributed by atoms with Gasteiger partial charge in [0.1, 0.15) is 11.6 Å². The van der Waals surface area contributed by atoms with Crippen LogP contribution in [0.15, 0.2) is 85.2 Å². The SMILES string of the molecule is Cc1cc(Nc2ccccc2Oc2ccccc2)nc(NCc2cccnc2)n1. The summed E-state index contributed by atoms with van der Waals surface area (Å²) in [5, 5.41) is 6.59. The molecule has 4 aromatic rings. The Kier molecular flexibility index (Phi) is 5.62. The Morgan fingerprint density at radius 1 is 0.897 bits per heavy atom. The second kappa shape index (κ2) is 8.84. The zero-order valence-corrected chi connectivity index (χ0v) is 16.0. The van der Waals surface area contributed by atoms with Gasteiger partial charge in [-0.1, -0.05) is 36.4 Å². The van der Waals surface area contributed by atoms with Gasteiger partial charge in [-0.15, -0.1) is 0 Å². The minimum atomic E-state index is 0.554. The molecule has 0 radical (unpaired) electrons. The number of hydrogen-bond donors (Lipinski definition) is 2. The van der Waals surface area contributed by atoms with Crippen molar-refractivity contribution < 1.29 is 4.74 Å². The lowest BCUT2D eigenvalue weighted by Gasteiger charge is -2.14. The fraction of sp³-hybridized carbons (Fsp3) is 0.0870. The number of benzene rings is 2. The Hall–Kier alpha value is -3.93. The van der Waals surface area contributed by atoms with Gasteiger partial charge in [0.15, 0.2) is 5.75 Å². The van der Waals surface area contributed by atoms with Crippen LogP contribution in [0.5, 0.6) is 11.5 Å². The lowest BCUT2D eigenvalue weighted by atomic mass is 10.2. The molecule has 2 N–H and O–H groups in total. The summed E-state index contributed by atoms with van der Waals surface area (Å²) in [4.78, 5) is 13.2. The van der Waals surface area contributed by atoms with Gasteiger partial charge in [-0.05, 0) is 42.8 Å². The third-order valence-corrected chi connectivity index (χ3v) is 4.15. The summed E-state index contributed by atoms with van der Waals surface area (Å²) in [7, 11) is 0. The topological polar surface area (TPSA) is 72.0 Å². The molecule has 0 saturated carbocycles. The van der Waals surface area contributed by atoms with E-state index in [0.29, 0.717) is 18.3 Å². The van der Waals surface area contributed by atoms with Crippen LogP contribution in [0.4, 0.5) is 17.5 Å². The number of hydrogen-bond acceptors (Lipinski definition) is 6. The highest BCUT2D eigenvalue weighted by Crippen LogP contribution is 2.31. The maximum absolute atomic E-state index is 6.02. The van der Waals surface area contributed by atoms with E-state index in [0.717, 1.165) is 28.4 Å². The number of nitrogens with zero attached hydrogens (tertiary/aromatic N) is 3. The molecule has 29 heavy (non-hydrogen) atoms. The van der Waals surface area contributed by atoms with Crippen LogP contribution >= 0.6 is 0 Å². The summed E-state index contributed by atoms with van der Waals surface area (Å²) < 4.78 is 6.02.